The number of halogens is 1. The molecule has 1 aliphatic carbocycles. The van der Waals surface area contributed by atoms with Gasteiger partial charge < -0.3 is 15.3 Å². The Morgan fingerprint density at radius 1 is 1.36 bits per heavy atom. The van der Waals surface area contributed by atoms with Gasteiger partial charge in [-0.1, -0.05) is 31.4 Å². The molecule has 4 nitrogen and oxygen atoms in total. The molecule has 0 saturated heterocycles. The van der Waals surface area contributed by atoms with Crippen molar-refractivity contribution in [2.24, 2.45) is 0 Å². The fraction of sp³-hybridized carbons (Fsp3) is 0.588. The number of hydrogen-bond acceptors (Lipinski definition) is 3. The minimum atomic E-state index is -1.33. The van der Waals surface area contributed by atoms with Crippen LogP contribution in [-0.2, 0) is 4.79 Å². The molecule has 1 fully saturated rings. The summed E-state index contributed by atoms with van der Waals surface area (Å²) in [5.74, 6) is -0.932. The number of rotatable bonds is 5. The number of aliphatic hydroxyl groups excluding tert-OH is 1. The van der Waals surface area contributed by atoms with Crippen LogP contribution in [0.2, 0.25) is 0 Å². The summed E-state index contributed by atoms with van der Waals surface area (Å²) in [4.78, 5) is 14.3. The molecule has 1 aliphatic rings. The number of nitrogens with one attached hydrogen (secondary N) is 1. The average Bonchev–Trinajstić information content (AvgIpc) is 2.52. The largest absolute Gasteiger partial charge is 0.378 e. The second-order valence-electron chi connectivity index (χ2n) is 6.35. The molecule has 0 heterocycles. The van der Waals surface area contributed by atoms with Crippen molar-refractivity contribution in [2.75, 3.05) is 20.6 Å². The molecular formula is C17H25FN2O2. The number of hydrogen-bond donors (Lipinski definition) is 2. The first-order chi connectivity index (χ1) is 10.4. The maximum atomic E-state index is 13.2. The van der Waals surface area contributed by atoms with Gasteiger partial charge in [0.15, 0.2) is 6.10 Å². The van der Waals surface area contributed by atoms with Crippen molar-refractivity contribution < 1.29 is 14.3 Å². The third kappa shape index (κ3) is 3.84. The van der Waals surface area contributed by atoms with Crippen molar-refractivity contribution in [3.8, 4) is 0 Å². The van der Waals surface area contributed by atoms with Gasteiger partial charge in [0.1, 0.15) is 5.82 Å². The van der Waals surface area contributed by atoms with Crippen molar-refractivity contribution in [1.29, 1.82) is 0 Å². The summed E-state index contributed by atoms with van der Waals surface area (Å²) in [6.07, 6.45) is 4.28. The van der Waals surface area contributed by atoms with Gasteiger partial charge in [-0.05, 0) is 44.6 Å². The minimum Gasteiger partial charge on any atom is -0.378 e. The Morgan fingerprint density at radius 3 is 2.64 bits per heavy atom. The van der Waals surface area contributed by atoms with E-state index in [9.17, 15) is 14.3 Å². The highest BCUT2D eigenvalue weighted by Gasteiger charge is 2.35. The molecule has 0 aromatic heterocycles. The van der Waals surface area contributed by atoms with E-state index in [-0.39, 0.29) is 11.1 Å². The van der Waals surface area contributed by atoms with E-state index in [1.165, 1.54) is 24.6 Å². The zero-order valence-electron chi connectivity index (χ0n) is 13.3. The Kier molecular flexibility index (Phi) is 5.53. The van der Waals surface area contributed by atoms with Crippen LogP contribution in [-0.4, -0.2) is 42.1 Å². The number of carbonyl (C=O) groups excluding carboxylic acids is 1. The van der Waals surface area contributed by atoms with Crippen molar-refractivity contribution in [1.82, 2.24) is 10.2 Å². The van der Waals surface area contributed by atoms with Crippen LogP contribution >= 0.6 is 0 Å². The summed E-state index contributed by atoms with van der Waals surface area (Å²) in [5, 5.41) is 12.9. The van der Waals surface area contributed by atoms with Gasteiger partial charge in [-0.25, -0.2) is 4.39 Å². The Morgan fingerprint density at radius 2 is 2.05 bits per heavy atom. The van der Waals surface area contributed by atoms with E-state index in [1.54, 1.807) is 6.07 Å². The lowest BCUT2D eigenvalue weighted by Gasteiger charge is -2.43. The lowest BCUT2D eigenvalue weighted by Crippen LogP contribution is -2.54. The van der Waals surface area contributed by atoms with E-state index in [0.29, 0.717) is 6.54 Å². The Balaban J connectivity index is 1.99. The zero-order chi connectivity index (χ0) is 16.2. The summed E-state index contributed by atoms with van der Waals surface area (Å²) >= 11 is 0. The third-order valence-corrected chi connectivity index (χ3v) is 4.74. The fourth-order valence-corrected chi connectivity index (χ4v) is 3.17. The predicted octanol–water partition coefficient (Wildman–Crippen LogP) is 2.24. The van der Waals surface area contributed by atoms with Crippen LogP contribution in [0.25, 0.3) is 0 Å². The summed E-state index contributed by atoms with van der Waals surface area (Å²) in [7, 11) is 4.06. The molecule has 5 heteroatoms. The number of carbonyl (C=O) groups is 1. The maximum absolute atomic E-state index is 13.2. The van der Waals surface area contributed by atoms with Crippen LogP contribution in [0.5, 0.6) is 0 Å². The first-order valence-electron chi connectivity index (χ1n) is 7.83. The summed E-state index contributed by atoms with van der Waals surface area (Å²) in [6.45, 7) is 0.505. The normalized spacial score (nSPS) is 19.0. The number of likely N-dealkylation sites (N-methyl/N-ethyl adjacent to an activating group) is 1. The average molecular weight is 308 g/mol. The number of amides is 1. The first kappa shape index (κ1) is 16.9. The topological polar surface area (TPSA) is 52.6 Å². The van der Waals surface area contributed by atoms with E-state index < -0.39 is 17.8 Å². The van der Waals surface area contributed by atoms with Gasteiger partial charge in [0, 0.05) is 12.1 Å². The van der Waals surface area contributed by atoms with Crippen molar-refractivity contribution in [3.63, 3.8) is 0 Å². The molecule has 1 amide bonds. The Bertz CT molecular complexity index is 513. The van der Waals surface area contributed by atoms with Gasteiger partial charge in [0.2, 0.25) is 0 Å². The van der Waals surface area contributed by atoms with Crippen LogP contribution in [0.15, 0.2) is 24.3 Å². The molecule has 2 N–H and O–H groups in total. The minimum absolute atomic E-state index is 0.0461. The number of nitrogens with zero attached hydrogens (tertiary/aromatic N) is 1. The van der Waals surface area contributed by atoms with E-state index in [4.69, 9.17) is 0 Å². The molecule has 1 atom stereocenters. The quantitative estimate of drug-likeness (QED) is 0.877. The van der Waals surface area contributed by atoms with Gasteiger partial charge >= 0.3 is 0 Å². The summed E-state index contributed by atoms with van der Waals surface area (Å²) < 4.78 is 13.2. The molecule has 122 valence electrons. The molecule has 0 aliphatic heterocycles. The molecule has 0 bridgehead atoms. The van der Waals surface area contributed by atoms with Crippen LogP contribution in [0.3, 0.4) is 0 Å². The molecule has 1 aromatic rings. The first-order valence-corrected chi connectivity index (χ1v) is 7.83. The van der Waals surface area contributed by atoms with Crippen LogP contribution in [0.4, 0.5) is 4.39 Å². The Labute approximate surface area is 131 Å². The monoisotopic (exact) mass is 308 g/mol. The Hall–Kier alpha value is -1.46. The van der Waals surface area contributed by atoms with Gasteiger partial charge in [-0.3, -0.25) is 4.79 Å². The second-order valence-corrected chi connectivity index (χ2v) is 6.35. The lowest BCUT2D eigenvalue weighted by atomic mass is 9.80. The number of benzene rings is 1. The van der Waals surface area contributed by atoms with Gasteiger partial charge in [0.05, 0.1) is 0 Å². The van der Waals surface area contributed by atoms with E-state index in [2.05, 4.69) is 10.2 Å². The molecule has 0 unspecified atom stereocenters. The predicted molar refractivity (Wildman–Crippen MR) is 83.9 cm³/mol. The van der Waals surface area contributed by atoms with Gasteiger partial charge in [-0.15, -0.1) is 0 Å². The smallest absolute Gasteiger partial charge is 0.253 e. The summed E-state index contributed by atoms with van der Waals surface area (Å²) in [5.41, 5.74) is 0.232. The highest BCUT2D eigenvalue weighted by molar-refractivity contribution is 5.81. The van der Waals surface area contributed by atoms with Crippen molar-refractivity contribution in [3.05, 3.63) is 35.6 Å². The van der Waals surface area contributed by atoms with Gasteiger partial charge in [-0.2, -0.15) is 0 Å². The zero-order valence-corrected chi connectivity index (χ0v) is 13.3. The third-order valence-electron chi connectivity index (χ3n) is 4.74. The molecule has 2 rings (SSSR count). The van der Waals surface area contributed by atoms with Crippen molar-refractivity contribution in [2.45, 2.75) is 43.7 Å². The fourth-order valence-electron chi connectivity index (χ4n) is 3.17. The highest BCUT2D eigenvalue weighted by atomic mass is 19.1. The lowest BCUT2D eigenvalue weighted by molar-refractivity contribution is -0.130. The molecule has 1 saturated carbocycles. The second kappa shape index (κ2) is 7.20. The molecule has 0 spiro atoms. The van der Waals surface area contributed by atoms with E-state index in [1.807, 2.05) is 14.1 Å². The van der Waals surface area contributed by atoms with E-state index >= 15 is 0 Å². The van der Waals surface area contributed by atoms with E-state index in [0.717, 1.165) is 25.7 Å². The molecule has 1 aromatic carbocycles. The van der Waals surface area contributed by atoms with Crippen molar-refractivity contribution >= 4 is 5.91 Å². The summed E-state index contributed by atoms with van der Waals surface area (Å²) in [6, 6.07) is 5.52. The number of aliphatic hydroxyl groups is 1. The molecule has 22 heavy (non-hydrogen) atoms. The maximum Gasteiger partial charge on any atom is 0.253 e. The SMILES string of the molecule is CN(C)C1(CNC(=O)[C@H](O)c2cccc(F)c2)CCCCC1. The molecule has 0 radical (unpaired) electrons. The van der Waals surface area contributed by atoms with Crippen LogP contribution in [0, 0.1) is 5.82 Å². The standard InChI is InChI=1S/C17H25FN2O2/c1-20(2)17(9-4-3-5-10-17)12-19-16(22)15(21)13-7-6-8-14(18)11-13/h6-8,11,15,21H,3-5,9-10,12H2,1-2H3,(H,19,22)/t15-/m1/s1. The van der Waals surface area contributed by atoms with Crippen LogP contribution < -0.4 is 5.32 Å². The van der Waals surface area contributed by atoms with Gasteiger partial charge in [0.25, 0.3) is 5.91 Å². The van der Waals surface area contributed by atoms with Crippen LogP contribution in [0.1, 0.15) is 43.8 Å². The molecular weight excluding hydrogens is 283 g/mol. The highest BCUT2D eigenvalue weighted by Crippen LogP contribution is 2.31.